The molecule has 0 saturated heterocycles. The molecule has 0 radical (unpaired) electrons. The highest BCUT2D eigenvalue weighted by Gasteiger charge is 2.20. The summed E-state index contributed by atoms with van der Waals surface area (Å²) >= 11 is 0. The second-order valence-corrected chi connectivity index (χ2v) is 25.2. The summed E-state index contributed by atoms with van der Waals surface area (Å²) in [6.45, 7) is 6.60. The summed E-state index contributed by atoms with van der Waals surface area (Å²) in [6.07, 6.45) is 91.6. The van der Waals surface area contributed by atoms with Crippen molar-refractivity contribution in [3.05, 3.63) is 48.6 Å². The van der Waals surface area contributed by atoms with Gasteiger partial charge in [-0.15, -0.1) is 0 Å². The summed E-state index contributed by atoms with van der Waals surface area (Å²) in [6, 6.07) is 0. The van der Waals surface area contributed by atoms with Crippen LogP contribution in [0.15, 0.2) is 48.6 Å². The van der Waals surface area contributed by atoms with Gasteiger partial charge in [0.1, 0.15) is 13.2 Å². The molecule has 0 heterocycles. The van der Waals surface area contributed by atoms with Gasteiger partial charge in [0.05, 0.1) is 0 Å². The molecule has 0 aromatic rings. The average Bonchev–Trinajstić information content (AvgIpc) is 3.49. The van der Waals surface area contributed by atoms with Gasteiger partial charge in [-0.25, -0.2) is 0 Å². The Hall–Kier alpha value is -2.63. The van der Waals surface area contributed by atoms with E-state index in [2.05, 4.69) is 69.4 Å². The van der Waals surface area contributed by atoms with Gasteiger partial charge >= 0.3 is 17.9 Å². The molecule has 0 rings (SSSR count). The molecule has 0 aliphatic heterocycles. The zero-order valence-corrected chi connectivity index (χ0v) is 56.0. The van der Waals surface area contributed by atoms with Gasteiger partial charge in [-0.1, -0.05) is 378 Å². The van der Waals surface area contributed by atoms with Gasteiger partial charge in [0.25, 0.3) is 0 Å². The van der Waals surface area contributed by atoms with Gasteiger partial charge in [-0.2, -0.15) is 0 Å². The third-order valence-corrected chi connectivity index (χ3v) is 16.8. The fourth-order valence-corrected chi connectivity index (χ4v) is 11.3. The molecule has 0 saturated carbocycles. The highest BCUT2D eigenvalue weighted by atomic mass is 16.6. The van der Waals surface area contributed by atoms with E-state index >= 15 is 0 Å². The van der Waals surface area contributed by atoms with E-state index in [0.29, 0.717) is 19.3 Å². The van der Waals surface area contributed by atoms with Gasteiger partial charge in [-0.3, -0.25) is 14.4 Å². The Morgan fingerprint density at radius 1 is 0.253 bits per heavy atom. The van der Waals surface area contributed by atoms with E-state index in [-0.39, 0.29) is 31.1 Å². The Kier molecular flexibility index (Phi) is 69.6. The molecule has 0 aromatic heterocycles. The first-order valence-electron chi connectivity index (χ1n) is 37.1. The van der Waals surface area contributed by atoms with E-state index in [1.54, 1.807) is 0 Å². The van der Waals surface area contributed by atoms with Crippen molar-refractivity contribution in [3.8, 4) is 0 Å². The molecule has 0 spiro atoms. The molecule has 1 atom stereocenters. The first-order valence-corrected chi connectivity index (χ1v) is 37.1. The maximum atomic E-state index is 13.0. The predicted molar refractivity (Wildman–Crippen MR) is 362 cm³/mol. The van der Waals surface area contributed by atoms with E-state index in [1.165, 1.54) is 283 Å². The monoisotopic (exact) mass is 1160 g/mol. The van der Waals surface area contributed by atoms with Gasteiger partial charge in [-0.05, 0) is 57.8 Å². The number of carbonyl (C=O) groups excluding carboxylic acids is 3. The smallest absolute Gasteiger partial charge is 0.306 e. The third kappa shape index (κ3) is 70.0. The molecule has 6 nitrogen and oxygen atoms in total. The van der Waals surface area contributed by atoms with E-state index in [1.807, 2.05) is 0 Å². The number of hydrogen-bond donors (Lipinski definition) is 0. The molecule has 1 unspecified atom stereocenters. The quantitative estimate of drug-likeness (QED) is 0.0261. The minimum absolute atomic E-state index is 0.0690. The Morgan fingerprint density at radius 2 is 0.470 bits per heavy atom. The van der Waals surface area contributed by atoms with Gasteiger partial charge in [0, 0.05) is 19.3 Å². The largest absolute Gasteiger partial charge is 0.462 e. The normalized spacial score (nSPS) is 12.3. The Balaban J connectivity index is 4.15. The predicted octanol–water partition coefficient (Wildman–Crippen LogP) is 25.7. The maximum absolute atomic E-state index is 13.0. The molecular weight excluding hydrogens is 1020 g/mol. The van der Waals surface area contributed by atoms with Crippen molar-refractivity contribution in [2.45, 2.75) is 412 Å². The van der Waals surface area contributed by atoms with Gasteiger partial charge in [0.2, 0.25) is 0 Å². The Morgan fingerprint density at radius 3 is 0.735 bits per heavy atom. The van der Waals surface area contributed by atoms with Crippen LogP contribution in [0.3, 0.4) is 0 Å². The summed E-state index contributed by atoms with van der Waals surface area (Å²) in [4.78, 5) is 38.4. The summed E-state index contributed by atoms with van der Waals surface area (Å²) in [5.41, 5.74) is 0. The van der Waals surface area contributed by atoms with Crippen LogP contribution in [0.25, 0.3) is 0 Å². The maximum Gasteiger partial charge on any atom is 0.306 e. The van der Waals surface area contributed by atoms with Crippen LogP contribution >= 0.6 is 0 Å². The van der Waals surface area contributed by atoms with Crippen LogP contribution in [0.4, 0.5) is 0 Å². The highest BCUT2D eigenvalue weighted by molar-refractivity contribution is 5.71. The molecule has 486 valence electrons. The molecule has 0 fully saturated rings. The molecule has 83 heavy (non-hydrogen) atoms. The fourth-order valence-electron chi connectivity index (χ4n) is 11.3. The molecule has 0 aliphatic rings. The molecule has 0 N–H and O–H groups in total. The summed E-state index contributed by atoms with van der Waals surface area (Å²) in [5.74, 6) is -0.845. The lowest BCUT2D eigenvalue weighted by molar-refractivity contribution is -0.167. The molecule has 0 bridgehead atoms. The summed E-state index contributed by atoms with van der Waals surface area (Å²) in [5, 5.41) is 0. The lowest BCUT2D eigenvalue weighted by Gasteiger charge is -2.18. The van der Waals surface area contributed by atoms with E-state index in [0.717, 1.165) is 83.5 Å². The Labute approximate surface area is 518 Å². The molecule has 0 aliphatic carbocycles. The van der Waals surface area contributed by atoms with Gasteiger partial charge in [0.15, 0.2) is 6.10 Å². The van der Waals surface area contributed by atoms with Crippen molar-refractivity contribution in [3.63, 3.8) is 0 Å². The third-order valence-electron chi connectivity index (χ3n) is 16.8. The Bertz CT molecular complexity index is 1430. The second-order valence-electron chi connectivity index (χ2n) is 25.2. The van der Waals surface area contributed by atoms with Crippen LogP contribution in [-0.2, 0) is 28.6 Å². The lowest BCUT2D eigenvalue weighted by Crippen LogP contribution is -2.30. The number of ether oxygens (including phenoxy) is 3. The van der Waals surface area contributed by atoms with Crippen molar-refractivity contribution in [1.82, 2.24) is 0 Å². The number of allylic oxidation sites excluding steroid dienone is 8. The highest BCUT2D eigenvalue weighted by Crippen LogP contribution is 2.19. The number of carbonyl (C=O) groups is 3. The van der Waals surface area contributed by atoms with Crippen molar-refractivity contribution in [2.24, 2.45) is 0 Å². The molecule has 0 aromatic carbocycles. The number of hydrogen-bond acceptors (Lipinski definition) is 6. The summed E-state index contributed by atoms with van der Waals surface area (Å²) < 4.78 is 17.0. The van der Waals surface area contributed by atoms with Crippen LogP contribution in [0.5, 0.6) is 0 Å². The fraction of sp³-hybridized carbons (Fsp3) is 0.857. The van der Waals surface area contributed by atoms with E-state index in [9.17, 15) is 14.4 Å². The number of rotatable bonds is 69. The van der Waals surface area contributed by atoms with E-state index < -0.39 is 6.10 Å². The first kappa shape index (κ1) is 80.4. The van der Waals surface area contributed by atoms with Crippen molar-refractivity contribution >= 4 is 17.9 Å². The van der Waals surface area contributed by atoms with Crippen LogP contribution in [0.2, 0.25) is 0 Å². The van der Waals surface area contributed by atoms with Crippen molar-refractivity contribution in [1.29, 1.82) is 0 Å². The zero-order chi connectivity index (χ0) is 59.9. The minimum atomic E-state index is -0.773. The van der Waals surface area contributed by atoms with Crippen LogP contribution in [0.1, 0.15) is 406 Å². The van der Waals surface area contributed by atoms with Crippen molar-refractivity contribution < 1.29 is 28.6 Å². The average molecular weight is 1160 g/mol. The molecule has 0 amide bonds. The standard InChI is InChI=1S/C77H142O6/c1-4-7-10-13-16-19-22-25-27-29-31-33-35-36-37-38-39-40-41-43-44-46-48-50-52-55-58-61-64-67-70-76(79)82-73-74(72-81-75(78)69-66-63-60-57-54-24-21-18-15-12-9-6-3)83-77(80)71-68-65-62-59-56-53-51-49-47-45-42-34-32-30-28-26-23-20-17-14-11-8-5-2/h8,11,17,20,26,28,32,34,74H,4-7,9-10,12-16,18-19,21-25,27,29-31,33,35-73H2,1-3H3/b11-8-,20-17-,28-26-,34-32-. The number of unbranched alkanes of at least 4 members (excludes halogenated alkanes) is 50. The molecular formula is C77H142O6. The van der Waals surface area contributed by atoms with Crippen molar-refractivity contribution in [2.75, 3.05) is 13.2 Å². The number of esters is 3. The van der Waals surface area contributed by atoms with E-state index in [4.69, 9.17) is 14.2 Å². The zero-order valence-electron chi connectivity index (χ0n) is 56.0. The van der Waals surface area contributed by atoms with Gasteiger partial charge < -0.3 is 14.2 Å². The summed E-state index contributed by atoms with van der Waals surface area (Å²) in [7, 11) is 0. The van der Waals surface area contributed by atoms with Crippen LogP contribution in [-0.4, -0.2) is 37.2 Å². The SMILES string of the molecule is CC/C=C\C/C=C\C/C=C\C/C=C\CCCCCCCCCCCCC(=O)OC(COC(=O)CCCCCCCCCCCCCC)COC(=O)CCCCCCCCCCCCCCCCCCCCCCCCCCCCCCCC. The van der Waals surface area contributed by atoms with Crippen LogP contribution < -0.4 is 0 Å². The first-order chi connectivity index (χ1) is 41.0. The lowest BCUT2D eigenvalue weighted by atomic mass is 10.0. The van der Waals surface area contributed by atoms with Crippen LogP contribution in [0, 0.1) is 0 Å². The molecule has 6 heteroatoms. The topological polar surface area (TPSA) is 78.9 Å². The minimum Gasteiger partial charge on any atom is -0.462 e. The second kappa shape index (κ2) is 71.8.